The van der Waals surface area contributed by atoms with Gasteiger partial charge in [-0.1, -0.05) is 11.6 Å². The maximum atomic E-state index is 5.70. The van der Waals surface area contributed by atoms with Gasteiger partial charge in [-0.25, -0.2) is 4.98 Å². The van der Waals surface area contributed by atoms with Gasteiger partial charge in [0.15, 0.2) is 0 Å². The van der Waals surface area contributed by atoms with Crippen molar-refractivity contribution < 1.29 is 0 Å². The van der Waals surface area contributed by atoms with Gasteiger partial charge in [0.2, 0.25) is 0 Å². The Morgan fingerprint density at radius 2 is 2.27 bits per heavy atom. The van der Waals surface area contributed by atoms with E-state index in [9.17, 15) is 0 Å². The minimum atomic E-state index is 0.538. The first-order chi connectivity index (χ1) is 5.25. The van der Waals surface area contributed by atoms with Gasteiger partial charge in [-0.2, -0.15) is 0 Å². The molecule has 0 amide bonds. The lowest BCUT2D eigenvalue weighted by Crippen LogP contribution is -1.73. The maximum absolute atomic E-state index is 5.70. The van der Waals surface area contributed by atoms with Gasteiger partial charge < -0.3 is 4.98 Å². The van der Waals surface area contributed by atoms with Crippen molar-refractivity contribution in [3.63, 3.8) is 0 Å². The van der Waals surface area contributed by atoms with Crippen LogP contribution >= 0.6 is 11.6 Å². The molecule has 2 heterocycles. The molecule has 0 saturated carbocycles. The first-order valence-corrected chi connectivity index (χ1v) is 3.74. The number of fused-ring (bicyclic) bond motifs is 1. The van der Waals surface area contributed by atoms with Crippen LogP contribution in [0.1, 0.15) is 5.69 Å². The van der Waals surface area contributed by atoms with Gasteiger partial charge in [-0.3, -0.25) is 0 Å². The highest BCUT2D eigenvalue weighted by Crippen LogP contribution is 2.16. The van der Waals surface area contributed by atoms with Crippen LogP contribution in [0.5, 0.6) is 0 Å². The summed E-state index contributed by atoms with van der Waals surface area (Å²) in [5.74, 6) is 0. The average Bonchev–Trinajstić information content (AvgIpc) is 2.27. The predicted molar refractivity (Wildman–Crippen MR) is 45.8 cm³/mol. The number of aryl methyl sites for hydroxylation is 1. The highest BCUT2D eigenvalue weighted by molar-refractivity contribution is 6.30. The molecular weight excluding hydrogens is 160 g/mol. The number of rotatable bonds is 0. The summed E-state index contributed by atoms with van der Waals surface area (Å²) in [6.07, 6.45) is 1.74. The number of pyridine rings is 1. The number of aromatic amines is 1. The van der Waals surface area contributed by atoms with Crippen LogP contribution in [0.4, 0.5) is 0 Å². The molecule has 0 bridgehead atoms. The monoisotopic (exact) mass is 166 g/mol. The van der Waals surface area contributed by atoms with Crippen LogP contribution in [0.15, 0.2) is 18.3 Å². The third kappa shape index (κ3) is 1.10. The number of nitrogens with zero attached hydrogens (tertiary/aromatic N) is 1. The van der Waals surface area contributed by atoms with Gasteiger partial charge >= 0.3 is 0 Å². The Labute approximate surface area is 69.2 Å². The Kier molecular flexibility index (Phi) is 1.36. The minimum Gasteiger partial charge on any atom is -0.357 e. The fourth-order valence-electron chi connectivity index (χ4n) is 1.15. The van der Waals surface area contributed by atoms with Gasteiger partial charge in [0.25, 0.3) is 0 Å². The Morgan fingerprint density at radius 3 is 3.09 bits per heavy atom. The zero-order valence-corrected chi connectivity index (χ0v) is 6.81. The van der Waals surface area contributed by atoms with Gasteiger partial charge in [0.1, 0.15) is 5.15 Å². The number of halogens is 1. The molecule has 0 aliphatic heterocycles. The molecule has 2 aromatic rings. The highest BCUT2D eigenvalue weighted by atomic mass is 35.5. The van der Waals surface area contributed by atoms with Crippen molar-refractivity contribution in [1.82, 2.24) is 9.97 Å². The second-order valence-electron chi connectivity index (χ2n) is 2.55. The summed E-state index contributed by atoms with van der Waals surface area (Å²) < 4.78 is 0. The van der Waals surface area contributed by atoms with Crippen LogP contribution in [0.2, 0.25) is 5.15 Å². The van der Waals surface area contributed by atoms with E-state index in [1.165, 1.54) is 0 Å². The smallest absolute Gasteiger partial charge is 0.129 e. The topological polar surface area (TPSA) is 28.7 Å². The summed E-state index contributed by atoms with van der Waals surface area (Å²) in [5.41, 5.74) is 2.16. The first kappa shape index (κ1) is 6.68. The zero-order valence-electron chi connectivity index (χ0n) is 6.06. The second-order valence-corrected chi connectivity index (χ2v) is 2.93. The molecular formula is C8H7ClN2. The normalized spacial score (nSPS) is 10.7. The van der Waals surface area contributed by atoms with Crippen LogP contribution in [0, 0.1) is 6.92 Å². The van der Waals surface area contributed by atoms with Gasteiger partial charge in [-0.15, -0.1) is 0 Å². The van der Waals surface area contributed by atoms with Gasteiger partial charge in [-0.05, 0) is 19.1 Å². The second kappa shape index (κ2) is 2.24. The van der Waals surface area contributed by atoms with E-state index in [4.69, 9.17) is 11.6 Å². The van der Waals surface area contributed by atoms with E-state index in [1.807, 2.05) is 19.1 Å². The standard InChI is InChI=1S/C8H7ClN2/c1-5-2-6-3-8(9)10-4-7(6)11-5/h2-4,11H,1H3. The Morgan fingerprint density at radius 1 is 1.45 bits per heavy atom. The predicted octanol–water partition coefficient (Wildman–Crippen LogP) is 2.52. The van der Waals surface area contributed by atoms with Crippen LogP contribution < -0.4 is 0 Å². The van der Waals surface area contributed by atoms with Crippen LogP contribution in [-0.4, -0.2) is 9.97 Å². The number of nitrogens with one attached hydrogen (secondary N) is 1. The summed E-state index contributed by atoms with van der Waals surface area (Å²) in [5, 5.41) is 1.65. The molecule has 0 atom stereocenters. The fourth-order valence-corrected chi connectivity index (χ4v) is 1.32. The van der Waals surface area contributed by atoms with Crippen molar-refractivity contribution in [1.29, 1.82) is 0 Å². The molecule has 0 unspecified atom stereocenters. The molecule has 1 N–H and O–H groups in total. The molecule has 2 rings (SSSR count). The number of hydrogen-bond donors (Lipinski definition) is 1. The molecule has 56 valence electrons. The molecule has 0 radical (unpaired) electrons. The summed E-state index contributed by atoms with van der Waals surface area (Å²) in [4.78, 5) is 7.12. The SMILES string of the molecule is Cc1cc2cc(Cl)ncc2[nH]1. The molecule has 0 saturated heterocycles. The van der Waals surface area contributed by atoms with Crippen molar-refractivity contribution in [2.24, 2.45) is 0 Å². The molecule has 0 fully saturated rings. The van der Waals surface area contributed by atoms with Crippen molar-refractivity contribution in [2.45, 2.75) is 6.92 Å². The number of H-pyrrole nitrogens is 1. The number of aromatic nitrogens is 2. The van der Waals surface area contributed by atoms with Gasteiger partial charge in [0, 0.05) is 11.1 Å². The maximum Gasteiger partial charge on any atom is 0.129 e. The zero-order chi connectivity index (χ0) is 7.84. The van der Waals surface area contributed by atoms with E-state index in [1.54, 1.807) is 6.20 Å². The van der Waals surface area contributed by atoms with E-state index in [-0.39, 0.29) is 0 Å². The molecule has 0 aliphatic carbocycles. The minimum absolute atomic E-state index is 0.538. The molecule has 2 nitrogen and oxygen atoms in total. The van der Waals surface area contributed by atoms with E-state index in [0.717, 1.165) is 16.6 Å². The largest absolute Gasteiger partial charge is 0.357 e. The molecule has 3 heteroatoms. The van der Waals surface area contributed by atoms with E-state index >= 15 is 0 Å². The summed E-state index contributed by atoms with van der Waals surface area (Å²) in [6.45, 7) is 2.01. The summed E-state index contributed by atoms with van der Waals surface area (Å²) in [6, 6.07) is 3.89. The molecule has 11 heavy (non-hydrogen) atoms. The third-order valence-corrected chi connectivity index (χ3v) is 1.81. The average molecular weight is 167 g/mol. The quantitative estimate of drug-likeness (QED) is 0.599. The third-order valence-electron chi connectivity index (χ3n) is 1.61. The van der Waals surface area contributed by atoms with Crippen LogP contribution in [0.3, 0.4) is 0 Å². The highest BCUT2D eigenvalue weighted by Gasteiger charge is 1.97. The molecule has 0 aliphatic rings. The van der Waals surface area contributed by atoms with Crippen molar-refractivity contribution in [3.8, 4) is 0 Å². The Bertz CT molecular complexity index is 392. The fraction of sp³-hybridized carbons (Fsp3) is 0.125. The van der Waals surface area contributed by atoms with Crippen LogP contribution in [0.25, 0.3) is 10.9 Å². The van der Waals surface area contributed by atoms with Crippen molar-refractivity contribution in [3.05, 3.63) is 29.2 Å². The van der Waals surface area contributed by atoms with E-state index in [0.29, 0.717) is 5.15 Å². The lowest BCUT2D eigenvalue weighted by molar-refractivity contribution is 1.28. The Balaban J connectivity index is 2.82. The molecule has 0 aromatic carbocycles. The van der Waals surface area contributed by atoms with Crippen molar-refractivity contribution >= 4 is 22.5 Å². The summed E-state index contributed by atoms with van der Waals surface area (Å²) in [7, 11) is 0. The molecule has 2 aromatic heterocycles. The first-order valence-electron chi connectivity index (χ1n) is 3.36. The van der Waals surface area contributed by atoms with Gasteiger partial charge in [0.05, 0.1) is 11.7 Å². The van der Waals surface area contributed by atoms with E-state index < -0.39 is 0 Å². The van der Waals surface area contributed by atoms with E-state index in [2.05, 4.69) is 9.97 Å². The van der Waals surface area contributed by atoms with Crippen molar-refractivity contribution in [2.75, 3.05) is 0 Å². The lowest BCUT2D eigenvalue weighted by Gasteiger charge is -1.87. The lowest BCUT2D eigenvalue weighted by atomic mass is 10.3. The Hall–Kier alpha value is -1.02. The number of hydrogen-bond acceptors (Lipinski definition) is 1. The summed E-state index contributed by atoms with van der Waals surface area (Å²) >= 11 is 5.70. The van der Waals surface area contributed by atoms with Crippen LogP contribution in [-0.2, 0) is 0 Å². The molecule has 0 spiro atoms.